The van der Waals surface area contributed by atoms with Crippen LogP contribution in [0.25, 0.3) is 0 Å². The van der Waals surface area contributed by atoms with Gasteiger partial charge < -0.3 is 15.1 Å². The zero-order chi connectivity index (χ0) is 14.5. The van der Waals surface area contributed by atoms with Crippen LogP contribution in [0.2, 0.25) is 0 Å². The van der Waals surface area contributed by atoms with Gasteiger partial charge in [0, 0.05) is 18.7 Å². The average molecular weight is 275 g/mol. The molecule has 0 saturated heterocycles. The van der Waals surface area contributed by atoms with E-state index in [9.17, 15) is 14.9 Å². The fourth-order valence-corrected chi connectivity index (χ4v) is 1.72. The van der Waals surface area contributed by atoms with Crippen LogP contribution in [0.3, 0.4) is 0 Å². The maximum atomic E-state index is 11.9. The predicted octanol–water partition coefficient (Wildman–Crippen LogP) is 2.16. The molecule has 0 saturated carbocycles. The Morgan fingerprint density at radius 1 is 1.40 bits per heavy atom. The fraction of sp³-hybridized carbons (Fsp3) is 0.154. The second-order valence-electron chi connectivity index (χ2n) is 4.00. The molecule has 0 aliphatic carbocycles. The van der Waals surface area contributed by atoms with Crippen molar-refractivity contribution in [1.82, 2.24) is 5.32 Å². The number of hydrogen-bond donors (Lipinski definition) is 2. The Bertz CT molecular complexity index is 623. The number of benzene rings is 1. The highest BCUT2D eigenvalue weighted by Gasteiger charge is 2.16. The van der Waals surface area contributed by atoms with Crippen molar-refractivity contribution >= 4 is 17.3 Å². The third-order valence-corrected chi connectivity index (χ3v) is 2.73. The molecule has 2 N–H and O–H groups in total. The van der Waals surface area contributed by atoms with Crippen molar-refractivity contribution in [2.75, 3.05) is 12.4 Å². The number of carbonyl (C=O) groups is 1. The zero-order valence-corrected chi connectivity index (χ0v) is 10.8. The van der Waals surface area contributed by atoms with Gasteiger partial charge in [-0.05, 0) is 24.3 Å². The second-order valence-corrected chi connectivity index (χ2v) is 4.00. The summed E-state index contributed by atoms with van der Waals surface area (Å²) in [5.41, 5.74) is 0.443. The topological polar surface area (TPSA) is 97.4 Å². The summed E-state index contributed by atoms with van der Waals surface area (Å²) in [6, 6.07) is 7.71. The maximum absolute atomic E-state index is 11.9. The van der Waals surface area contributed by atoms with E-state index in [2.05, 4.69) is 10.6 Å². The Labute approximate surface area is 114 Å². The molecule has 2 rings (SSSR count). The molecule has 0 atom stereocenters. The zero-order valence-electron chi connectivity index (χ0n) is 10.8. The van der Waals surface area contributed by atoms with Gasteiger partial charge in [-0.3, -0.25) is 14.9 Å². The van der Waals surface area contributed by atoms with E-state index in [4.69, 9.17) is 4.42 Å². The summed E-state index contributed by atoms with van der Waals surface area (Å²) in [4.78, 5) is 22.3. The van der Waals surface area contributed by atoms with E-state index in [1.807, 2.05) is 0 Å². The number of amides is 1. The van der Waals surface area contributed by atoms with Crippen LogP contribution in [0.5, 0.6) is 0 Å². The van der Waals surface area contributed by atoms with Crippen molar-refractivity contribution in [1.29, 1.82) is 0 Å². The molecule has 20 heavy (non-hydrogen) atoms. The molecule has 7 nitrogen and oxygen atoms in total. The number of nitro benzene ring substituents is 1. The summed E-state index contributed by atoms with van der Waals surface area (Å²) >= 11 is 0. The van der Waals surface area contributed by atoms with E-state index in [0.717, 1.165) is 0 Å². The minimum absolute atomic E-state index is 0.141. The molecule has 7 heteroatoms. The third kappa shape index (κ3) is 2.94. The average Bonchev–Trinajstić information content (AvgIpc) is 2.97. The molecular formula is C13H13N3O4. The first kappa shape index (κ1) is 13.6. The SMILES string of the molecule is CNc1ccc(C(=O)NCc2ccco2)cc1[N+](=O)[O-]. The van der Waals surface area contributed by atoms with Gasteiger partial charge in [0.1, 0.15) is 11.4 Å². The van der Waals surface area contributed by atoms with Crippen LogP contribution in [0.1, 0.15) is 16.1 Å². The van der Waals surface area contributed by atoms with Gasteiger partial charge in [0.05, 0.1) is 17.7 Å². The van der Waals surface area contributed by atoms with Crippen molar-refractivity contribution < 1.29 is 14.1 Å². The van der Waals surface area contributed by atoms with E-state index in [-0.39, 0.29) is 17.8 Å². The van der Waals surface area contributed by atoms with Crippen LogP contribution in [-0.4, -0.2) is 17.9 Å². The molecule has 0 unspecified atom stereocenters. The standard InChI is InChI=1S/C13H13N3O4/c1-14-11-5-4-9(7-12(11)16(18)19)13(17)15-8-10-3-2-6-20-10/h2-7,14H,8H2,1H3,(H,15,17). The quantitative estimate of drug-likeness (QED) is 0.643. The summed E-state index contributed by atoms with van der Waals surface area (Å²) in [7, 11) is 1.58. The van der Waals surface area contributed by atoms with Crippen LogP contribution in [0, 0.1) is 10.1 Å². The van der Waals surface area contributed by atoms with Crippen LogP contribution >= 0.6 is 0 Å². The third-order valence-electron chi connectivity index (χ3n) is 2.73. The summed E-state index contributed by atoms with van der Waals surface area (Å²) in [6.45, 7) is 0.230. The van der Waals surface area contributed by atoms with Gasteiger partial charge in [0.25, 0.3) is 11.6 Å². The molecule has 0 fully saturated rings. The van der Waals surface area contributed by atoms with Crippen LogP contribution in [-0.2, 0) is 6.54 Å². The number of carbonyl (C=O) groups excluding carboxylic acids is 1. The first-order valence-corrected chi connectivity index (χ1v) is 5.88. The van der Waals surface area contributed by atoms with E-state index in [1.165, 1.54) is 24.5 Å². The molecule has 104 valence electrons. The lowest BCUT2D eigenvalue weighted by Crippen LogP contribution is -2.22. The fourth-order valence-electron chi connectivity index (χ4n) is 1.72. The Morgan fingerprint density at radius 2 is 2.20 bits per heavy atom. The second kappa shape index (κ2) is 5.87. The summed E-state index contributed by atoms with van der Waals surface area (Å²) < 4.78 is 5.09. The molecule has 1 heterocycles. The van der Waals surface area contributed by atoms with Gasteiger partial charge in [-0.2, -0.15) is 0 Å². The van der Waals surface area contributed by atoms with Gasteiger partial charge in [0.15, 0.2) is 0 Å². The normalized spacial score (nSPS) is 10.1. The molecule has 0 aliphatic heterocycles. The van der Waals surface area contributed by atoms with E-state index in [1.54, 1.807) is 19.2 Å². The molecular weight excluding hydrogens is 262 g/mol. The number of furan rings is 1. The number of nitrogens with one attached hydrogen (secondary N) is 2. The van der Waals surface area contributed by atoms with Gasteiger partial charge in [-0.25, -0.2) is 0 Å². The van der Waals surface area contributed by atoms with Crippen molar-refractivity contribution in [3.8, 4) is 0 Å². The Kier molecular flexibility index (Phi) is 3.99. The lowest BCUT2D eigenvalue weighted by Gasteiger charge is -2.06. The number of nitro groups is 1. The smallest absolute Gasteiger partial charge is 0.293 e. The first-order valence-electron chi connectivity index (χ1n) is 5.88. The maximum Gasteiger partial charge on any atom is 0.293 e. The minimum Gasteiger partial charge on any atom is -0.467 e. The molecule has 0 spiro atoms. The number of nitrogens with zero attached hydrogens (tertiary/aromatic N) is 1. The highest BCUT2D eigenvalue weighted by atomic mass is 16.6. The van der Waals surface area contributed by atoms with Gasteiger partial charge >= 0.3 is 0 Å². The van der Waals surface area contributed by atoms with Crippen molar-refractivity contribution in [2.24, 2.45) is 0 Å². The van der Waals surface area contributed by atoms with E-state index in [0.29, 0.717) is 11.4 Å². The lowest BCUT2D eigenvalue weighted by molar-refractivity contribution is -0.384. The molecule has 2 aromatic rings. The highest BCUT2D eigenvalue weighted by molar-refractivity contribution is 5.95. The highest BCUT2D eigenvalue weighted by Crippen LogP contribution is 2.24. The molecule has 0 aliphatic rings. The number of rotatable bonds is 5. The van der Waals surface area contributed by atoms with Crippen LogP contribution < -0.4 is 10.6 Å². The molecule has 1 aromatic carbocycles. The first-order chi connectivity index (χ1) is 9.61. The molecule has 0 bridgehead atoms. The van der Waals surface area contributed by atoms with Crippen LogP contribution in [0.4, 0.5) is 11.4 Å². The van der Waals surface area contributed by atoms with Crippen LogP contribution in [0.15, 0.2) is 41.0 Å². The summed E-state index contributed by atoms with van der Waals surface area (Å²) in [5, 5.41) is 16.3. The molecule has 0 radical (unpaired) electrons. The lowest BCUT2D eigenvalue weighted by atomic mass is 10.1. The number of hydrogen-bond acceptors (Lipinski definition) is 5. The minimum atomic E-state index is -0.533. The predicted molar refractivity (Wildman–Crippen MR) is 72.5 cm³/mol. The van der Waals surface area contributed by atoms with Crippen molar-refractivity contribution in [3.05, 3.63) is 58.0 Å². The van der Waals surface area contributed by atoms with Gasteiger partial charge in [-0.15, -0.1) is 0 Å². The largest absolute Gasteiger partial charge is 0.467 e. The Morgan fingerprint density at radius 3 is 2.80 bits per heavy atom. The monoisotopic (exact) mass is 275 g/mol. The molecule has 1 aromatic heterocycles. The van der Waals surface area contributed by atoms with E-state index >= 15 is 0 Å². The Balaban J connectivity index is 2.13. The van der Waals surface area contributed by atoms with Gasteiger partial charge in [-0.1, -0.05) is 0 Å². The van der Waals surface area contributed by atoms with E-state index < -0.39 is 10.8 Å². The Hall–Kier alpha value is -2.83. The van der Waals surface area contributed by atoms with Gasteiger partial charge in [0.2, 0.25) is 0 Å². The van der Waals surface area contributed by atoms with Crippen molar-refractivity contribution in [3.63, 3.8) is 0 Å². The molecule has 1 amide bonds. The number of anilines is 1. The summed E-state index contributed by atoms with van der Waals surface area (Å²) in [6.07, 6.45) is 1.51. The van der Waals surface area contributed by atoms with Crippen molar-refractivity contribution in [2.45, 2.75) is 6.54 Å². The summed E-state index contributed by atoms with van der Waals surface area (Å²) in [5.74, 6) is 0.215.